The Morgan fingerprint density at radius 1 is 1.00 bits per heavy atom. The van der Waals surface area contributed by atoms with Gasteiger partial charge in [0.2, 0.25) is 11.8 Å². The van der Waals surface area contributed by atoms with Crippen LogP contribution >= 0.6 is 23.2 Å². The number of likely N-dealkylation sites (tertiary alicyclic amines) is 1. The van der Waals surface area contributed by atoms with Crippen molar-refractivity contribution >= 4 is 52.6 Å². The maximum atomic E-state index is 13.4. The van der Waals surface area contributed by atoms with E-state index in [-0.39, 0.29) is 52.6 Å². The highest BCUT2D eigenvalue weighted by Crippen LogP contribution is 2.56. The second kappa shape index (κ2) is 9.63. The van der Waals surface area contributed by atoms with Gasteiger partial charge < -0.3 is 10.1 Å². The molecule has 2 aliphatic carbocycles. The first-order valence-corrected chi connectivity index (χ1v) is 12.4. The molecule has 9 heteroatoms. The molecule has 1 aliphatic heterocycles. The predicted octanol–water partition coefficient (Wildman–Crippen LogP) is 4.12. The normalized spacial score (nSPS) is 25.5. The molecule has 0 unspecified atom stereocenters. The number of nitrogens with zero attached hydrogens (tertiary/aromatic N) is 1. The largest absolute Gasteiger partial charge is 0.454 e. The standard InChI is InChI=1S/C26H24Cl2N2O5/c27-17-8-9-18(28)19(12-17)29-21(31)13-35-26(34)20(10-14-4-2-1-3-5-14)30-24(32)22-15-6-7-16(11-15)23(22)25(30)33/h1-5,8-9,12,15-16,20,22-23H,6-7,10-11,13H2,(H,29,31)/t15-,16-,20+,22-,23+/m0/s1. The van der Waals surface area contributed by atoms with Crippen LogP contribution in [0.3, 0.4) is 0 Å². The fourth-order valence-electron chi connectivity index (χ4n) is 5.87. The van der Waals surface area contributed by atoms with Crippen molar-refractivity contribution in [2.45, 2.75) is 31.7 Å². The van der Waals surface area contributed by atoms with Crippen molar-refractivity contribution in [3.8, 4) is 0 Å². The Hall–Kier alpha value is -2.90. The van der Waals surface area contributed by atoms with Crippen LogP contribution in [0.15, 0.2) is 48.5 Å². The number of hydrogen-bond acceptors (Lipinski definition) is 5. The molecule has 1 heterocycles. The Morgan fingerprint density at radius 3 is 2.31 bits per heavy atom. The molecule has 0 spiro atoms. The topological polar surface area (TPSA) is 92.8 Å². The molecule has 0 aromatic heterocycles. The van der Waals surface area contributed by atoms with Gasteiger partial charge in [-0.2, -0.15) is 0 Å². The van der Waals surface area contributed by atoms with E-state index < -0.39 is 24.5 Å². The smallest absolute Gasteiger partial charge is 0.330 e. The lowest BCUT2D eigenvalue weighted by Crippen LogP contribution is -2.48. The van der Waals surface area contributed by atoms with Crippen LogP contribution in [0, 0.1) is 23.7 Å². The SMILES string of the molecule is O=C(COC(=O)[C@@H](Cc1ccccc1)N1C(=O)[C@@H]2[C@H]3CC[C@@H](C3)[C@@H]2C1=O)Nc1cc(Cl)ccc1Cl. The molecular formula is C26H24Cl2N2O5. The number of anilines is 1. The molecule has 5 atom stereocenters. The van der Waals surface area contributed by atoms with E-state index in [4.69, 9.17) is 27.9 Å². The first-order valence-electron chi connectivity index (χ1n) is 11.7. The number of hydrogen-bond donors (Lipinski definition) is 1. The third-order valence-corrected chi connectivity index (χ3v) is 7.93. The maximum Gasteiger partial charge on any atom is 0.330 e. The third-order valence-electron chi connectivity index (χ3n) is 7.37. The number of amides is 3. The molecule has 7 nitrogen and oxygen atoms in total. The summed E-state index contributed by atoms with van der Waals surface area (Å²) in [6.07, 6.45) is 2.91. The number of nitrogens with one attached hydrogen (secondary N) is 1. The molecule has 2 aromatic rings. The molecule has 3 aliphatic rings. The van der Waals surface area contributed by atoms with Crippen molar-refractivity contribution in [3.05, 3.63) is 64.1 Å². The van der Waals surface area contributed by atoms with Gasteiger partial charge in [0.05, 0.1) is 22.5 Å². The second-order valence-electron chi connectivity index (χ2n) is 9.42. The van der Waals surface area contributed by atoms with Gasteiger partial charge in [-0.15, -0.1) is 0 Å². The Balaban J connectivity index is 1.32. The van der Waals surface area contributed by atoms with Crippen LogP contribution in [-0.4, -0.2) is 41.2 Å². The highest BCUT2D eigenvalue weighted by Gasteiger charge is 2.62. The van der Waals surface area contributed by atoms with Crippen molar-refractivity contribution in [2.24, 2.45) is 23.7 Å². The van der Waals surface area contributed by atoms with Crippen molar-refractivity contribution < 1.29 is 23.9 Å². The number of carbonyl (C=O) groups excluding carboxylic acids is 4. The zero-order chi connectivity index (χ0) is 24.7. The van der Waals surface area contributed by atoms with E-state index in [1.54, 1.807) is 6.07 Å². The van der Waals surface area contributed by atoms with Crippen LogP contribution in [-0.2, 0) is 30.3 Å². The summed E-state index contributed by atoms with van der Waals surface area (Å²) in [6.45, 7) is -0.596. The highest BCUT2D eigenvalue weighted by molar-refractivity contribution is 6.35. The van der Waals surface area contributed by atoms with Crippen molar-refractivity contribution in [1.29, 1.82) is 0 Å². The molecule has 1 saturated heterocycles. The summed E-state index contributed by atoms with van der Waals surface area (Å²) in [6, 6.07) is 12.6. The summed E-state index contributed by atoms with van der Waals surface area (Å²) < 4.78 is 5.31. The molecule has 5 rings (SSSR count). The Bertz CT molecular complexity index is 1160. The quantitative estimate of drug-likeness (QED) is 0.443. The lowest BCUT2D eigenvalue weighted by molar-refractivity contribution is -0.160. The fourth-order valence-corrected chi connectivity index (χ4v) is 6.21. The van der Waals surface area contributed by atoms with Crippen molar-refractivity contribution in [3.63, 3.8) is 0 Å². The summed E-state index contributed by atoms with van der Waals surface area (Å²) in [5.74, 6) is -2.28. The monoisotopic (exact) mass is 514 g/mol. The zero-order valence-electron chi connectivity index (χ0n) is 18.8. The molecule has 3 amide bonds. The first-order chi connectivity index (χ1) is 16.8. The summed E-state index contributed by atoms with van der Waals surface area (Å²) in [7, 11) is 0. The molecule has 35 heavy (non-hydrogen) atoms. The Labute approximate surface area is 212 Å². The minimum Gasteiger partial charge on any atom is -0.454 e. The molecule has 1 N–H and O–H groups in total. The number of esters is 1. The van der Waals surface area contributed by atoms with Crippen LogP contribution in [0.25, 0.3) is 0 Å². The van der Waals surface area contributed by atoms with Crippen LogP contribution < -0.4 is 5.32 Å². The number of ether oxygens (including phenoxy) is 1. The second-order valence-corrected chi connectivity index (χ2v) is 10.3. The molecule has 3 fully saturated rings. The minimum atomic E-state index is -1.13. The van der Waals surface area contributed by atoms with Gasteiger partial charge in [0.15, 0.2) is 6.61 Å². The van der Waals surface area contributed by atoms with Crippen molar-refractivity contribution in [2.75, 3.05) is 11.9 Å². The van der Waals surface area contributed by atoms with Gasteiger partial charge >= 0.3 is 5.97 Å². The van der Waals surface area contributed by atoms with Crippen LogP contribution in [0.4, 0.5) is 5.69 Å². The van der Waals surface area contributed by atoms with Gasteiger partial charge in [0.25, 0.3) is 5.91 Å². The van der Waals surface area contributed by atoms with E-state index in [0.717, 1.165) is 29.7 Å². The van der Waals surface area contributed by atoms with Crippen LogP contribution in [0.5, 0.6) is 0 Å². The molecule has 2 aromatic carbocycles. The average Bonchev–Trinajstić information content (AvgIpc) is 3.53. The number of rotatable bonds is 7. The maximum absolute atomic E-state index is 13.4. The van der Waals surface area contributed by atoms with Gasteiger partial charge in [-0.3, -0.25) is 19.3 Å². The predicted molar refractivity (Wildman–Crippen MR) is 130 cm³/mol. The van der Waals surface area contributed by atoms with Gasteiger partial charge in [-0.05, 0) is 54.9 Å². The third kappa shape index (κ3) is 4.55. The van der Waals surface area contributed by atoms with Crippen LogP contribution in [0.1, 0.15) is 24.8 Å². The Kier molecular flexibility index (Phi) is 6.55. The van der Waals surface area contributed by atoms with E-state index in [0.29, 0.717) is 5.02 Å². The summed E-state index contributed by atoms with van der Waals surface area (Å²) in [5, 5.41) is 3.22. The zero-order valence-corrected chi connectivity index (χ0v) is 20.3. The first kappa shape index (κ1) is 23.8. The van der Waals surface area contributed by atoms with E-state index in [1.807, 2.05) is 30.3 Å². The lowest BCUT2D eigenvalue weighted by atomic mass is 9.81. The fraction of sp³-hybridized carbons (Fsp3) is 0.385. The highest BCUT2D eigenvalue weighted by atomic mass is 35.5. The van der Waals surface area contributed by atoms with Gasteiger partial charge in [-0.25, -0.2) is 4.79 Å². The van der Waals surface area contributed by atoms with E-state index in [2.05, 4.69) is 5.32 Å². The summed E-state index contributed by atoms with van der Waals surface area (Å²) in [4.78, 5) is 53.5. The van der Waals surface area contributed by atoms with E-state index in [9.17, 15) is 19.2 Å². The number of halogens is 2. The van der Waals surface area contributed by atoms with Gasteiger partial charge in [-0.1, -0.05) is 53.5 Å². The van der Waals surface area contributed by atoms with Crippen LogP contribution in [0.2, 0.25) is 10.0 Å². The molecule has 0 radical (unpaired) electrons. The minimum absolute atomic E-state index is 0.119. The van der Waals surface area contributed by atoms with Crippen molar-refractivity contribution in [1.82, 2.24) is 4.90 Å². The average molecular weight is 515 g/mol. The van der Waals surface area contributed by atoms with Gasteiger partial charge in [0, 0.05) is 11.4 Å². The summed E-state index contributed by atoms with van der Waals surface area (Å²) in [5.41, 5.74) is 1.07. The molecule has 2 bridgehead atoms. The van der Waals surface area contributed by atoms with E-state index >= 15 is 0 Å². The molecular weight excluding hydrogens is 491 g/mol. The number of fused-ring (bicyclic) bond motifs is 5. The number of carbonyl (C=O) groups is 4. The lowest BCUT2D eigenvalue weighted by Gasteiger charge is -2.26. The molecule has 182 valence electrons. The Morgan fingerprint density at radius 2 is 1.66 bits per heavy atom. The molecule has 2 saturated carbocycles. The number of benzene rings is 2. The van der Waals surface area contributed by atoms with E-state index in [1.165, 1.54) is 12.1 Å². The number of imide groups is 1. The van der Waals surface area contributed by atoms with Gasteiger partial charge in [0.1, 0.15) is 6.04 Å². The summed E-state index contributed by atoms with van der Waals surface area (Å²) >= 11 is 12.0.